The van der Waals surface area contributed by atoms with E-state index in [1.165, 1.54) is 13.0 Å². The molecule has 0 saturated carbocycles. The number of hydrogen-bond donors (Lipinski definition) is 0. The summed E-state index contributed by atoms with van der Waals surface area (Å²) in [4.78, 5) is 2.56. The van der Waals surface area contributed by atoms with E-state index in [0.717, 1.165) is 12.1 Å². The highest BCUT2D eigenvalue weighted by atomic mass is 19.4. The monoisotopic (exact) mass is 187 g/mol. The van der Waals surface area contributed by atoms with Gasteiger partial charge in [-0.05, 0) is 18.6 Å². The van der Waals surface area contributed by atoms with Crippen LogP contribution in [0.3, 0.4) is 0 Å². The summed E-state index contributed by atoms with van der Waals surface area (Å²) in [5.74, 6) is 0. The molecule has 5 heteroatoms. The fraction of sp³-hybridized carbons (Fsp3) is 0.250. The molecule has 1 rings (SSSR count). The first-order chi connectivity index (χ1) is 5.95. The molecule has 0 heterocycles. The van der Waals surface area contributed by atoms with Crippen LogP contribution < -0.4 is 0 Å². The number of diazo groups is 1. The van der Waals surface area contributed by atoms with Gasteiger partial charge < -0.3 is 0 Å². The van der Waals surface area contributed by atoms with Crippen LogP contribution in [0.4, 0.5) is 18.9 Å². The number of benzene rings is 1. The van der Waals surface area contributed by atoms with Crippen LogP contribution in [-0.2, 0) is 6.18 Å². The predicted molar refractivity (Wildman–Crippen MR) is 40.9 cm³/mol. The molecule has 2 nitrogen and oxygen atoms in total. The van der Waals surface area contributed by atoms with Gasteiger partial charge in [-0.15, -0.1) is 0 Å². The summed E-state index contributed by atoms with van der Waals surface area (Å²) in [5, 5.41) is 8.30. The van der Waals surface area contributed by atoms with Crippen LogP contribution in [0.5, 0.6) is 0 Å². The third kappa shape index (κ3) is 1.96. The minimum Gasteiger partial charge on any atom is -0.166 e. The molecule has 0 spiro atoms. The van der Waals surface area contributed by atoms with Crippen LogP contribution in [0, 0.1) is 12.3 Å². The first-order valence-corrected chi connectivity index (χ1v) is 3.48. The van der Waals surface area contributed by atoms with Gasteiger partial charge >= 0.3 is 11.9 Å². The SMILES string of the molecule is Cc1ccc([N+]#N)c(C(F)(F)F)c1. The van der Waals surface area contributed by atoms with E-state index in [-0.39, 0.29) is 0 Å². The predicted octanol–water partition coefficient (Wildman–Crippen LogP) is 3.50. The van der Waals surface area contributed by atoms with Gasteiger partial charge in [0.25, 0.3) is 0 Å². The van der Waals surface area contributed by atoms with Crippen molar-refractivity contribution in [2.75, 3.05) is 0 Å². The summed E-state index contributed by atoms with van der Waals surface area (Å²) in [7, 11) is 0. The summed E-state index contributed by atoms with van der Waals surface area (Å²) in [6, 6.07) is 3.51. The number of alkyl halides is 3. The molecule has 0 aliphatic carbocycles. The van der Waals surface area contributed by atoms with Gasteiger partial charge in [-0.25, -0.2) is 0 Å². The summed E-state index contributed by atoms with van der Waals surface area (Å²) < 4.78 is 36.7. The standard InChI is InChI=1S/C8H6F3N2/c1-5-2-3-7(13-12)6(4-5)8(9,10)11/h2-4H,1H3/q+1. The maximum absolute atomic E-state index is 12.2. The Hall–Kier alpha value is -1.57. The van der Waals surface area contributed by atoms with Crippen molar-refractivity contribution in [2.45, 2.75) is 13.1 Å². The average Bonchev–Trinajstić information content (AvgIpc) is 2.03. The first kappa shape index (κ1) is 9.52. The molecule has 0 aliphatic rings. The van der Waals surface area contributed by atoms with Crippen molar-refractivity contribution < 1.29 is 13.2 Å². The highest BCUT2D eigenvalue weighted by Crippen LogP contribution is 2.36. The molecule has 1 aromatic carbocycles. The highest BCUT2D eigenvalue weighted by Gasteiger charge is 2.38. The van der Waals surface area contributed by atoms with Crippen molar-refractivity contribution in [1.29, 1.82) is 5.39 Å². The molecule has 0 aliphatic heterocycles. The number of halogens is 3. The Morgan fingerprint density at radius 2 is 1.92 bits per heavy atom. The van der Waals surface area contributed by atoms with Crippen LogP contribution in [0.15, 0.2) is 18.2 Å². The number of aryl methyl sites for hydroxylation is 1. The van der Waals surface area contributed by atoms with E-state index in [2.05, 4.69) is 4.98 Å². The van der Waals surface area contributed by atoms with Crippen LogP contribution >= 0.6 is 0 Å². The average molecular weight is 187 g/mol. The molecule has 0 aromatic heterocycles. The minimum atomic E-state index is -4.48. The van der Waals surface area contributed by atoms with E-state index in [4.69, 9.17) is 5.39 Å². The van der Waals surface area contributed by atoms with Gasteiger partial charge in [0.15, 0.2) is 10.5 Å². The van der Waals surface area contributed by atoms with Gasteiger partial charge in [0.1, 0.15) is 0 Å². The van der Waals surface area contributed by atoms with Crippen LogP contribution in [-0.4, -0.2) is 0 Å². The number of nitrogens with zero attached hydrogens (tertiary/aromatic N) is 2. The lowest BCUT2D eigenvalue weighted by Crippen LogP contribution is -2.05. The fourth-order valence-electron chi connectivity index (χ4n) is 0.964. The van der Waals surface area contributed by atoms with Crippen molar-refractivity contribution >= 4 is 5.69 Å². The Morgan fingerprint density at radius 3 is 2.38 bits per heavy atom. The van der Waals surface area contributed by atoms with E-state index >= 15 is 0 Å². The largest absolute Gasteiger partial charge is 0.424 e. The van der Waals surface area contributed by atoms with Crippen LogP contribution in [0.1, 0.15) is 11.1 Å². The molecule has 0 bridgehead atoms. The minimum absolute atomic E-state index is 0.460. The molecule has 68 valence electrons. The van der Waals surface area contributed by atoms with Crippen molar-refractivity contribution in [3.63, 3.8) is 0 Å². The second kappa shape index (κ2) is 3.05. The summed E-state index contributed by atoms with van der Waals surface area (Å²) in [6.07, 6.45) is -4.48. The lowest BCUT2D eigenvalue weighted by Gasteiger charge is -2.03. The summed E-state index contributed by atoms with van der Waals surface area (Å²) in [5.41, 5.74) is -0.909. The van der Waals surface area contributed by atoms with E-state index in [9.17, 15) is 13.2 Å². The molecule has 0 fully saturated rings. The van der Waals surface area contributed by atoms with Gasteiger partial charge in [0.05, 0.1) is 0 Å². The molecule has 0 N–H and O–H groups in total. The van der Waals surface area contributed by atoms with Gasteiger partial charge in [-0.2, -0.15) is 13.2 Å². The molecule has 0 amide bonds. The third-order valence-electron chi connectivity index (χ3n) is 1.57. The second-order valence-corrected chi connectivity index (χ2v) is 2.62. The Bertz CT molecular complexity index is 363. The smallest absolute Gasteiger partial charge is 0.166 e. The van der Waals surface area contributed by atoms with E-state index in [0.29, 0.717) is 5.56 Å². The molecular weight excluding hydrogens is 181 g/mol. The van der Waals surface area contributed by atoms with Crippen molar-refractivity contribution in [3.05, 3.63) is 34.3 Å². The van der Waals surface area contributed by atoms with Gasteiger partial charge in [-0.1, -0.05) is 6.07 Å². The van der Waals surface area contributed by atoms with E-state index in [1.807, 2.05) is 0 Å². The van der Waals surface area contributed by atoms with E-state index in [1.54, 1.807) is 0 Å². The Kier molecular flexibility index (Phi) is 2.24. The topological polar surface area (TPSA) is 28.1 Å². The molecule has 0 saturated heterocycles. The maximum Gasteiger partial charge on any atom is 0.424 e. The number of rotatable bonds is 0. The first-order valence-electron chi connectivity index (χ1n) is 3.48. The zero-order valence-electron chi connectivity index (χ0n) is 6.76. The molecule has 0 radical (unpaired) electrons. The lowest BCUT2D eigenvalue weighted by molar-refractivity contribution is -0.136. The Morgan fingerprint density at radius 1 is 1.31 bits per heavy atom. The summed E-state index contributed by atoms with van der Waals surface area (Å²) in [6.45, 7) is 1.54. The van der Waals surface area contributed by atoms with Crippen molar-refractivity contribution in [3.8, 4) is 0 Å². The van der Waals surface area contributed by atoms with Crippen LogP contribution in [0.25, 0.3) is 4.98 Å². The maximum atomic E-state index is 12.2. The zero-order chi connectivity index (χ0) is 10.1. The Labute approximate surface area is 72.6 Å². The summed E-state index contributed by atoms with van der Waals surface area (Å²) >= 11 is 0. The normalized spacial score (nSPS) is 11.0. The van der Waals surface area contributed by atoms with Gasteiger partial charge in [0.2, 0.25) is 5.39 Å². The zero-order valence-corrected chi connectivity index (χ0v) is 6.76. The third-order valence-corrected chi connectivity index (χ3v) is 1.57. The van der Waals surface area contributed by atoms with Crippen molar-refractivity contribution in [1.82, 2.24) is 0 Å². The Balaban J connectivity index is 3.35. The quantitative estimate of drug-likeness (QED) is 0.571. The van der Waals surface area contributed by atoms with Gasteiger partial charge in [-0.3, -0.25) is 0 Å². The lowest BCUT2D eigenvalue weighted by atomic mass is 10.1. The highest BCUT2D eigenvalue weighted by molar-refractivity contribution is 5.54. The molecule has 0 atom stereocenters. The number of hydrogen-bond acceptors (Lipinski definition) is 1. The molecular formula is C8H6F3N2+. The van der Waals surface area contributed by atoms with Gasteiger partial charge in [0, 0.05) is 6.07 Å². The molecule has 13 heavy (non-hydrogen) atoms. The van der Waals surface area contributed by atoms with Crippen molar-refractivity contribution in [2.24, 2.45) is 0 Å². The fourth-order valence-corrected chi connectivity index (χ4v) is 0.964. The molecule has 0 unspecified atom stereocenters. The molecule has 1 aromatic rings. The second-order valence-electron chi connectivity index (χ2n) is 2.62. The van der Waals surface area contributed by atoms with Crippen LogP contribution in [0.2, 0.25) is 0 Å². The van der Waals surface area contributed by atoms with E-state index < -0.39 is 17.4 Å².